The zero-order valence-corrected chi connectivity index (χ0v) is 9.48. The summed E-state index contributed by atoms with van der Waals surface area (Å²) in [5.41, 5.74) is 0.733. The predicted molar refractivity (Wildman–Crippen MR) is 60.4 cm³/mol. The standard InChI is InChI=1S/C12H16N2O2/c1-13-6-2-3-11(13)12(16)9-14-7-4-10(15)5-8-14/h2-3,6H,4-5,7-9H2,1H3. The first-order valence-corrected chi connectivity index (χ1v) is 5.55. The van der Waals surface area contributed by atoms with E-state index < -0.39 is 0 Å². The van der Waals surface area contributed by atoms with Crippen molar-refractivity contribution in [3.63, 3.8) is 0 Å². The van der Waals surface area contributed by atoms with Gasteiger partial charge in [0.05, 0.1) is 12.2 Å². The molecule has 0 bridgehead atoms. The first-order chi connectivity index (χ1) is 7.66. The Balaban J connectivity index is 1.93. The zero-order chi connectivity index (χ0) is 11.5. The number of nitrogens with zero attached hydrogens (tertiary/aromatic N) is 2. The number of aromatic nitrogens is 1. The number of Topliss-reactive ketones (excluding diaryl/α,β-unsaturated/α-hetero) is 2. The van der Waals surface area contributed by atoms with Crippen molar-refractivity contribution < 1.29 is 9.59 Å². The molecule has 0 saturated carbocycles. The number of rotatable bonds is 3. The van der Waals surface area contributed by atoms with Crippen molar-refractivity contribution in [1.82, 2.24) is 9.47 Å². The molecule has 0 N–H and O–H groups in total. The Morgan fingerprint density at radius 1 is 1.38 bits per heavy atom. The summed E-state index contributed by atoms with van der Waals surface area (Å²) in [6, 6.07) is 3.70. The molecule has 0 spiro atoms. The number of aryl methyl sites for hydroxylation is 1. The van der Waals surface area contributed by atoms with Crippen LogP contribution in [0.4, 0.5) is 0 Å². The van der Waals surface area contributed by atoms with Gasteiger partial charge in [0, 0.05) is 39.2 Å². The van der Waals surface area contributed by atoms with Gasteiger partial charge >= 0.3 is 0 Å². The largest absolute Gasteiger partial charge is 0.348 e. The Hall–Kier alpha value is -1.42. The van der Waals surface area contributed by atoms with Crippen molar-refractivity contribution in [2.24, 2.45) is 7.05 Å². The SMILES string of the molecule is Cn1cccc1C(=O)CN1CCC(=O)CC1. The van der Waals surface area contributed by atoms with E-state index in [9.17, 15) is 9.59 Å². The molecule has 0 aliphatic carbocycles. The van der Waals surface area contributed by atoms with Crippen molar-refractivity contribution in [2.45, 2.75) is 12.8 Å². The maximum Gasteiger partial charge on any atom is 0.193 e. The second kappa shape index (κ2) is 4.61. The number of carbonyl (C=O) groups is 2. The van der Waals surface area contributed by atoms with Gasteiger partial charge in [-0.1, -0.05) is 0 Å². The van der Waals surface area contributed by atoms with Gasteiger partial charge in [0.1, 0.15) is 5.78 Å². The molecule has 0 radical (unpaired) electrons. The Kier molecular flexibility index (Phi) is 3.19. The quantitative estimate of drug-likeness (QED) is 0.710. The van der Waals surface area contributed by atoms with Crippen LogP contribution < -0.4 is 0 Å². The lowest BCUT2D eigenvalue weighted by atomic mass is 10.1. The minimum atomic E-state index is 0.127. The van der Waals surface area contributed by atoms with Crippen molar-refractivity contribution in [2.75, 3.05) is 19.6 Å². The number of ketones is 2. The van der Waals surface area contributed by atoms with E-state index in [0.29, 0.717) is 25.2 Å². The molecule has 1 aliphatic rings. The van der Waals surface area contributed by atoms with Crippen LogP contribution in [0.25, 0.3) is 0 Å². The van der Waals surface area contributed by atoms with Crippen LogP contribution >= 0.6 is 0 Å². The lowest BCUT2D eigenvalue weighted by Gasteiger charge is -2.24. The highest BCUT2D eigenvalue weighted by atomic mass is 16.1. The molecule has 0 aromatic carbocycles. The number of hydrogen-bond donors (Lipinski definition) is 0. The molecular formula is C12H16N2O2. The summed E-state index contributed by atoms with van der Waals surface area (Å²) in [6.07, 6.45) is 3.04. The highest BCUT2D eigenvalue weighted by Crippen LogP contribution is 2.08. The molecule has 1 saturated heterocycles. The zero-order valence-electron chi connectivity index (χ0n) is 9.48. The topological polar surface area (TPSA) is 42.3 Å². The summed E-state index contributed by atoms with van der Waals surface area (Å²) in [6.45, 7) is 1.86. The van der Waals surface area contributed by atoms with Crippen LogP contribution in [0.1, 0.15) is 23.3 Å². The molecule has 2 rings (SSSR count). The van der Waals surface area contributed by atoms with E-state index in [-0.39, 0.29) is 5.78 Å². The van der Waals surface area contributed by atoms with Crippen molar-refractivity contribution in [3.05, 3.63) is 24.0 Å². The Morgan fingerprint density at radius 2 is 2.06 bits per heavy atom. The average Bonchev–Trinajstić information content (AvgIpc) is 2.68. The minimum Gasteiger partial charge on any atom is -0.348 e. The highest BCUT2D eigenvalue weighted by molar-refractivity contribution is 5.96. The number of carbonyl (C=O) groups excluding carboxylic acids is 2. The van der Waals surface area contributed by atoms with Gasteiger partial charge in [-0.15, -0.1) is 0 Å². The summed E-state index contributed by atoms with van der Waals surface area (Å²) in [5.74, 6) is 0.435. The van der Waals surface area contributed by atoms with Gasteiger partial charge in [0.25, 0.3) is 0 Å². The van der Waals surface area contributed by atoms with E-state index in [1.807, 2.05) is 29.9 Å². The second-order valence-electron chi connectivity index (χ2n) is 4.24. The fourth-order valence-corrected chi connectivity index (χ4v) is 2.00. The van der Waals surface area contributed by atoms with Gasteiger partial charge in [0.15, 0.2) is 5.78 Å². The molecule has 0 unspecified atom stereocenters. The van der Waals surface area contributed by atoms with Crippen molar-refractivity contribution in [1.29, 1.82) is 0 Å². The summed E-state index contributed by atoms with van der Waals surface area (Å²) >= 11 is 0. The van der Waals surface area contributed by atoms with Crippen LogP contribution in [-0.4, -0.2) is 40.7 Å². The van der Waals surface area contributed by atoms with E-state index >= 15 is 0 Å². The van der Waals surface area contributed by atoms with Crippen LogP contribution in [0.5, 0.6) is 0 Å². The van der Waals surface area contributed by atoms with Gasteiger partial charge in [0.2, 0.25) is 0 Å². The minimum absolute atomic E-state index is 0.127. The molecule has 86 valence electrons. The third kappa shape index (κ3) is 2.39. The van der Waals surface area contributed by atoms with Crippen LogP contribution in [0.15, 0.2) is 18.3 Å². The molecule has 4 heteroatoms. The molecule has 4 nitrogen and oxygen atoms in total. The van der Waals surface area contributed by atoms with Gasteiger partial charge < -0.3 is 4.57 Å². The Bertz CT molecular complexity index is 399. The van der Waals surface area contributed by atoms with Crippen LogP contribution in [0, 0.1) is 0 Å². The van der Waals surface area contributed by atoms with Gasteiger partial charge in [-0.3, -0.25) is 14.5 Å². The summed E-state index contributed by atoms with van der Waals surface area (Å²) in [5, 5.41) is 0. The normalized spacial score (nSPS) is 17.7. The average molecular weight is 220 g/mol. The maximum atomic E-state index is 11.9. The van der Waals surface area contributed by atoms with Gasteiger partial charge in [-0.05, 0) is 12.1 Å². The molecule has 1 aromatic heterocycles. The van der Waals surface area contributed by atoms with Gasteiger partial charge in [-0.25, -0.2) is 0 Å². The van der Waals surface area contributed by atoms with Crippen LogP contribution in [0.3, 0.4) is 0 Å². The molecule has 1 aromatic rings. The summed E-state index contributed by atoms with van der Waals surface area (Å²) in [7, 11) is 1.87. The van der Waals surface area contributed by atoms with E-state index in [1.54, 1.807) is 0 Å². The lowest BCUT2D eigenvalue weighted by molar-refractivity contribution is -0.121. The monoisotopic (exact) mass is 220 g/mol. The molecule has 1 fully saturated rings. The molecule has 16 heavy (non-hydrogen) atoms. The fraction of sp³-hybridized carbons (Fsp3) is 0.500. The second-order valence-corrected chi connectivity index (χ2v) is 4.24. The van der Waals surface area contributed by atoms with E-state index in [1.165, 1.54) is 0 Å². The Morgan fingerprint density at radius 3 is 2.62 bits per heavy atom. The predicted octanol–water partition coefficient (Wildman–Crippen LogP) is 0.873. The molecule has 0 atom stereocenters. The number of likely N-dealkylation sites (tertiary alicyclic amines) is 1. The smallest absolute Gasteiger partial charge is 0.193 e. The van der Waals surface area contributed by atoms with E-state index in [0.717, 1.165) is 18.8 Å². The molecule has 1 aliphatic heterocycles. The van der Waals surface area contributed by atoms with Gasteiger partial charge in [-0.2, -0.15) is 0 Å². The third-order valence-electron chi connectivity index (χ3n) is 3.01. The van der Waals surface area contributed by atoms with E-state index in [4.69, 9.17) is 0 Å². The maximum absolute atomic E-state index is 11.9. The first-order valence-electron chi connectivity index (χ1n) is 5.55. The highest BCUT2D eigenvalue weighted by Gasteiger charge is 2.19. The molecule has 0 amide bonds. The summed E-state index contributed by atoms with van der Waals surface area (Å²) < 4.78 is 1.83. The van der Waals surface area contributed by atoms with Crippen LogP contribution in [-0.2, 0) is 11.8 Å². The van der Waals surface area contributed by atoms with Crippen molar-refractivity contribution in [3.8, 4) is 0 Å². The third-order valence-corrected chi connectivity index (χ3v) is 3.01. The lowest BCUT2D eigenvalue weighted by Crippen LogP contribution is -2.37. The Labute approximate surface area is 94.8 Å². The van der Waals surface area contributed by atoms with Crippen molar-refractivity contribution >= 4 is 11.6 Å². The fourth-order valence-electron chi connectivity index (χ4n) is 2.00. The first kappa shape index (κ1) is 11.1. The number of piperidine rings is 1. The number of hydrogen-bond acceptors (Lipinski definition) is 3. The van der Waals surface area contributed by atoms with Crippen LogP contribution in [0.2, 0.25) is 0 Å². The molecular weight excluding hydrogens is 204 g/mol. The molecule has 2 heterocycles. The van der Waals surface area contributed by atoms with E-state index in [2.05, 4.69) is 4.90 Å². The summed E-state index contributed by atoms with van der Waals surface area (Å²) in [4.78, 5) is 25.0.